The molecule has 0 saturated carbocycles. The van der Waals surface area contributed by atoms with Crippen molar-refractivity contribution in [2.24, 2.45) is 5.92 Å². The molecule has 1 aliphatic rings. The number of rotatable bonds is 5. The number of likely N-dealkylation sites (tertiary alicyclic amines) is 1. The molecule has 1 atom stereocenters. The Hall–Kier alpha value is -1.69. The number of aliphatic hydroxyl groups is 1. The van der Waals surface area contributed by atoms with E-state index in [-0.39, 0.29) is 18.5 Å². The SMILES string of the molecule is Cc1cc(C)nc(OCC2(O)CCCN(C(=O)CC(C)C)C2)n1. The molecule has 1 N–H and O–H groups in total. The first-order valence-corrected chi connectivity index (χ1v) is 8.23. The molecule has 1 amide bonds. The van der Waals surface area contributed by atoms with E-state index < -0.39 is 5.60 Å². The van der Waals surface area contributed by atoms with Crippen molar-refractivity contribution in [1.82, 2.24) is 14.9 Å². The Morgan fingerprint density at radius 2 is 2.04 bits per heavy atom. The van der Waals surface area contributed by atoms with Gasteiger partial charge in [-0.1, -0.05) is 13.8 Å². The Morgan fingerprint density at radius 1 is 1.39 bits per heavy atom. The van der Waals surface area contributed by atoms with Crippen LogP contribution in [0.3, 0.4) is 0 Å². The molecule has 2 heterocycles. The summed E-state index contributed by atoms with van der Waals surface area (Å²) in [5.74, 6) is 0.415. The first kappa shape index (κ1) is 17.7. The number of β-amino-alcohol motifs (C(OH)–C–C–N with tert-alkyl or cyclic N) is 1. The van der Waals surface area contributed by atoms with Gasteiger partial charge < -0.3 is 14.7 Å². The largest absolute Gasteiger partial charge is 0.460 e. The number of carbonyl (C=O) groups excluding carboxylic acids is 1. The van der Waals surface area contributed by atoms with Gasteiger partial charge >= 0.3 is 6.01 Å². The molecule has 1 aliphatic heterocycles. The molecule has 128 valence electrons. The van der Waals surface area contributed by atoms with E-state index in [1.165, 1.54) is 0 Å². The molecular weight excluding hydrogens is 294 g/mol. The van der Waals surface area contributed by atoms with Crippen molar-refractivity contribution in [1.29, 1.82) is 0 Å². The van der Waals surface area contributed by atoms with Gasteiger partial charge in [0.15, 0.2) is 0 Å². The van der Waals surface area contributed by atoms with E-state index in [1.807, 2.05) is 33.8 Å². The summed E-state index contributed by atoms with van der Waals surface area (Å²) in [5, 5.41) is 10.8. The zero-order valence-electron chi connectivity index (χ0n) is 14.5. The minimum absolute atomic E-state index is 0.0979. The third-order valence-electron chi connectivity index (χ3n) is 3.92. The van der Waals surface area contributed by atoms with Crippen molar-refractivity contribution in [3.05, 3.63) is 17.5 Å². The molecule has 6 heteroatoms. The zero-order valence-corrected chi connectivity index (χ0v) is 14.5. The minimum atomic E-state index is -1.04. The lowest BCUT2D eigenvalue weighted by Crippen LogP contribution is -2.53. The van der Waals surface area contributed by atoms with Crippen molar-refractivity contribution >= 4 is 5.91 Å². The highest BCUT2D eigenvalue weighted by Crippen LogP contribution is 2.23. The lowest BCUT2D eigenvalue weighted by molar-refractivity contribution is -0.140. The van der Waals surface area contributed by atoms with Crippen LogP contribution in [0.25, 0.3) is 0 Å². The van der Waals surface area contributed by atoms with E-state index in [2.05, 4.69) is 9.97 Å². The summed E-state index contributed by atoms with van der Waals surface area (Å²) in [6.45, 7) is 8.91. The second-order valence-corrected chi connectivity index (χ2v) is 6.96. The summed E-state index contributed by atoms with van der Waals surface area (Å²) in [6.07, 6.45) is 1.90. The van der Waals surface area contributed by atoms with Crippen molar-refractivity contribution < 1.29 is 14.6 Å². The maximum atomic E-state index is 12.2. The Bertz CT molecular complexity index is 542. The summed E-state index contributed by atoms with van der Waals surface area (Å²) >= 11 is 0. The van der Waals surface area contributed by atoms with Gasteiger partial charge in [-0.15, -0.1) is 0 Å². The maximum Gasteiger partial charge on any atom is 0.316 e. The van der Waals surface area contributed by atoms with E-state index >= 15 is 0 Å². The Labute approximate surface area is 137 Å². The lowest BCUT2D eigenvalue weighted by atomic mass is 9.93. The monoisotopic (exact) mass is 321 g/mol. The molecule has 2 rings (SSSR count). The summed E-state index contributed by atoms with van der Waals surface area (Å²) in [7, 11) is 0. The van der Waals surface area contributed by atoms with Crippen LogP contribution in [0, 0.1) is 19.8 Å². The predicted octanol–water partition coefficient (Wildman–Crippen LogP) is 1.87. The van der Waals surface area contributed by atoms with E-state index in [1.54, 1.807) is 4.90 Å². The summed E-state index contributed by atoms with van der Waals surface area (Å²) < 4.78 is 5.61. The molecule has 1 fully saturated rings. The molecule has 1 aromatic rings. The highest BCUT2D eigenvalue weighted by atomic mass is 16.5. The highest BCUT2D eigenvalue weighted by Gasteiger charge is 2.36. The summed E-state index contributed by atoms with van der Waals surface area (Å²) in [4.78, 5) is 22.4. The fourth-order valence-electron chi connectivity index (χ4n) is 2.88. The van der Waals surface area contributed by atoms with Crippen molar-refractivity contribution in [2.75, 3.05) is 19.7 Å². The molecule has 1 aromatic heterocycles. The smallest absolute Gasteiger partial charge is 0.316 e. The standard InChI is InChI=1S/C17H27N3O3/c1-12(2)8-15(21)20-7-5-6-17(22,10-20)11-23-16-18-13(3)9-14(4)19-16/h9,12,22H,5-8,10-11H2,1-4H3. The maximum absolute atomic E-state index is 12.2. The Balaban J connectivity index is 1.96. The molecule has 0 aliphatic carbocycles. The van der Waals surface area contributed by atoms with Crippen molar-refractivity contribution in [2.45, 2.75) is 52.6 Å². The quantitative estimate of drug-likeness (QED) is 0.896. The molecule has 0 aromatic carbocycles. The average molecular weight is 321 g/mol. The fraction of sp³-hybridized carbons (Fsp3) is 0.706. The van der Waals surface area contributed by atoms with Gasteiger partial charge in [0.2, 0.25) is 5.91 Å². The predicted molar refractivity (Wildman–Crippen MR) is 87.2 cm³/mol. The molecule has 0 radical (unpaired) electrons. The molecule has 0 bridgehead atoms. The average Bonchev–Trinajstić information content (AvgIpc) is 2.44. The van der Waals surface area contributed by atoms with Crippen LogP contribution in [0.4, 0.5) is 0 Å². The van der Waals surface area contributed by atoms with Gasteiger partial charge in [0.25, 0.3) is 0 Å². The highest BCUT2D eigenvalue weighted by molar-refractivity contribution is 5.76. The van der Waals surface area contributed by atoms with Crippen LogP contribution in [-0.4, -0.2) is 51.2 Å². The number of carbonyl (C=O) groups is 1. The van der Waals surface area contributed by atoms with Gasteiger partial charge in [0, 0.05) is 24.4 Å². The zero-order chi connectivity index (χ0) is 17.0. The second-order valence-electron chi connectivity index (χ2n) is 6.96. The third-order valence-corrected chi connectivity index (χ3v) is 3.92. The van der Waals surface area contributed by atoms with Crippen LogP contribution in [0.1, 0.15) is 44.5 Å². The van der Waals surface area contributed by atoms with E-state index in [0.29, 0.717) is 31.8 Å². The summed E-state index contributed by atoms with van der Waals surface area (Å²) in [6, 6.07) is 2.15. The molecule has 6 nitrogen and oxygen atoms in total. The Morgan fingerprint density at radius 3 is 2.65 bits per heavy atom. The third kappa shape index (κ3) is 5.16. The number of aromatic nitrogens is 2. The molecule has 23 heavy (non-hydrogen) atoms. The molecular formula is C17H27N3O3. The van der Waals surface area contributed by atoms with Gasteiger partial charge in [-0.25, -0.2) is 9.97 Å². The van der Waals surface area contributed by atoms with Gasteiger partial charge in [-0.2, -0.15) is 0 Å². The molecule has 1 saturated heterocycles. The summed E-state index contributed by atoms with van der Waals surface area (Å²) in [5.41, 5.74) is 0.625. The number of nitrogens with zero attached hydrogens (tertiary/aromatic N) is 3. The van der Waals surface area contributed by atoms with Crippen LogP contribution in [-0.2, 0) is 4.79 Å². The number of piperidine rings is 1. The van der Waals surface area contributed by atoms with Crippen molar-refractivity contribution in [3.8, 4) is 6.01 Å². The number of aryl methyl sites for hydroxylation is 2. The minimum Gasteiger partial charge on any atom is -0.460 e. The number of ether oxygens (including phenoxy) is 1. The van der Waals surface area contributed by atoms with Crippen molar-refractivity contribution in [3.63, 3.8) is 0 Å². The van der Waals surface area contributed by atoms with Gasteiger partial charge in [0.1, 0.15) is 12.2 Å². The lowest BCUT2D eigenvalue weighted by Gasteiger charge is -2.39. The van der Waals surface area contributed by atoms with E-state index in [9.17, 15) is 9.90 Å². The van der Waals surface area contributed by atoms with Gasteiger partial charge in [-0.3, -0.25) is 4.79 Å². The number of amides is 1. The van der Waals surface area contributed by atoms with Crippen LogP contribution in [0.15, 0.2) is 6.07 Å². The van der Waals surface area contributed by atoms with Crippen LogP contribution in [0.2, 0.25) is 0 Å². The first-order valence-electron chi connectivity index (χ1n) is 8.23. The Kier molecular flexibility index (Phi) is 5.57. The van der Waals surface area contributed by atoms with Crippen LogP contribution < -0.4 is 4.74 Å². The van der Waals surface area contributed by atoms with Crippen LogP contribution in [0.5, 0.6) is 6.01 Å². The fourth-order valence-corrected chi connectivity index (χ4v) is 2.88. The molecule has 1 unspecified atom stereocenters. The van der Waals surface area contributed by atoms with Gasteiger partial charge in [-0.05, 0) is 38.7 Å². The van der Waals surface area contributed by atoms with Crippen LogP contribution >= 0.6 is 0 Å². The first-order chi connectivity index (χ1) is 10.8. The second kappa shape index (κ2) is 7.25. The topological polar surface area (TPSA) is 75.6 Å². The van der Waals surface area contributed by atoms with E-state index in [4.69, 9.17) is 4.74 Å². The molecule has 0 spiro atoms. The van der Waals surface area contributed by atoms with Gasteiger partial charge in [0.05, 0.1) is 6.54 Å². The normalized spacial score (nSPS) is 21.6. The number of hydrogen-bond acceptors (Lipinski definition) is 5. The van der Waals surface area contributed by atoms with E-state index in [0.717, 1.165) is 17.8 Å². The number of hydrogen-bond donors (Lipinski definition) is 1.